The molecular weight excluding hydrogens is 644 g/mol. The molecule has 0 saturated heterocycles. The number of nitrogens with zero attached hydrogens (tertiary/aromatic N) is 3. The molecule has 0 fully saturated rings. The number of rotatable bonds is 14. The summed E-state index contributed by atoms with van der Waals surface area (Å²) in [6.45, 7) is 19.4. The third-order valence-electron chi connectivity index (χ3n) is 9.79. The van der Waals surface area contributed by atoms with E-state index in [2.05, 4.69) is 74.7 Å². The molecular formula is C40H52N6O5. The summed E-state index contributed by atoms with van der Waals surface area (Å²) < 4.78 is 6.09. The van der Waals surface area contributed by atoms with Gasteiger partial charge < -0.3 is 20.7 Å². The lowest BCUT2D eigenvalue weighted by molar-refractivity contribution is -0.121. The van der Waals surface area contributed by atoms with Gasteiger partial charge >= 0.3 is 0 Å². The van der Waals surface area contributed by atoms with Crippen LogP contribution in [0.15, 0.2) is 71.8 Å². The number of benzene rings is 3. The van der Waals surface area contributed by atoms with Crippen LogP contribution in [-0.2, 0) is 25.2 Å². The fourth-order valence-electron chi connectivity index (χ4n) is 5.80. The molecule has 11 heteroatoms. The van der Waals surface area contributed by atoms with E-state index in [1.54, 1.807) is 48.5 Å². The van der Waals surface area contributed by atoms with Crippen molar-refractivity contribution >= 4 is 46.5 Å². The number of amides is 4. The monoisotopic (exact) mass is 696 g/mol. The molecule has 3 N–H and O–H groups in total. The van der Waals surface area contributed by atoms with Crippen molar-refractivity contribution in [2.75, 3.05) is 35.3 Å². The van der Waals surface area contributed by atoms with Crippen molar-refractivity contribution in [3.63, 3.8) is 0 Å². The number of ether oxygens (including phenoxy) is 1. The van der Waals surface area contributed by atoms with E-state index in [1.165, 1.54) is 17.5 Å². The number of carbonyl (C=O) groups is 4. The Labute approximate surface area is 301 Å². The zero-order valence-electron chi connectivity index (χ0n) is 31.3. The number of likely N-dealkylation sites (N-methyl/N-ethyl adjacent to an activating group) is 1. The summed E-state index contributed by atoms with van der Waals surface area (Å²) in [6.07, 6.45) is 1.92. The summed E-state index contributed by atoms with van der Waals surface area (Å²) in [4.78, 5) is 53.5. The second kappa shape index (κ2) is 16.3. The SMILES string of the molecule is CCN(CC)C1C(=O)N(c2ccc(NC(=O)COc3ccc(C(C)(C)CC)cc3C(C)(C)CC)cc2)N=C1NC(=O)c1cccc(NC(C)=O)c1. The van der Waals surface area contributed by atoms with Crippen LogP contribution in [0.5, 0.6) is 5.75 Å². The molecule has 3 aromatic rings. The molecule has 0 radical (unpaired) electrons. The lowest BCUT2D eigenvalue weighted by atomic mass is 9.76. The van der Waals surface area contributed by atoms with Gasteiger partial charge in [0.1, 0.15) is 5.75 Å². The minimum absolute atomic E-state index is 0.0234. The second-order valence-corrected chi connectivity index (χ2v) is 14.0. The van der Waals surface area contributed by atoms with Crippen LogP contribution < -0.4 is 25.7 Å². The lowest BCUT2D eigenvalue weighted by Crippen LogP contribution is -2.51. The zero-order valence-corrected chi connectivity index (χ0v) is 31.3. The van der Waals surface area contributed by atoms with Crippen molar-refractivity contribution in [1.29, 1.82) is 0 Å². The van der Waals surface area contributed by atoms with Crippen LogP contribution in [0.25, 0.3) is 0 Å². The van der Waals surface area contributed by atoms with E-state index >= 15 is 0 Å². The van der Waals surface area contributed by atoms with Crippen molar-refractivity contribution in [3.8, 4) is 5.75 Å². The standard InChI is InChI=1S/C40H52N6O5/c1-10-39(6,7)28-17-22-33(32(24-28)40(8,9)11-2)51-25-34(48)42-29-18-20-31(21-19-29)46-38(50)35(45(12-3)13-4)36(44-46)43-37(49)27-15-14-16-30(23-27)41-26(5)47/h14-24,35H,10-13,25H2,1-9H3,(H,41,47)(H,42,48)(H,43,44,49). The van der Waals surface area contributed by atoms with Crippen LogP contribution in [0.2, 0.25) is 0 Å². The summed E-state index contributed by atoms with van der Waals surface area (Å²) in [7, 11) is 0. The Morgan fingerprint density at radius 2 is 1.49 bits per heavy atom. The molecule has 0 bridgehead atoms. The lowest BCUT2D eigenvalue weighted by Gasteiger charge is -2.30. The topological polar surface area (TPSA) is 132 Å². The van der Waals surface area contributed by atoms with Gasteiger partial charge in [-0.05, 0) is 90.9 Å². The van der Waals surface area contributed by atoms with Crippen molar-refractivity contribution < 1.29 is 23.9 Å². The molecule has 3 aromatic carbocycles. The van der Waals surface area contributed by atoms with Gasteiger partial charge in [-0.2, -0.15) is 5.01 Å². The Balaban J connectivity index is 1.48. The van der Waals surface area contributed by atoms with Gasteiger partial charge in [-0.15, -0.1) is 5.10 Å². The minimum atomic E-state index is -0.802. The predicted molar refractivity (Wildman–Crippen MR) is 203 cm³/mol. The molecule has 1 atom stereocenters. The molecule has 272 valence electrons. The number of hydrazone groups is 1. The number of hydrogen-bond donors (Lipinski definition) is 3. The fourth-order valence-corrected chi connectivity index (χ4v) is 5.80. The minimum Gasteiger partial charge on any atom is -0.483 e. The van der Waals surface area contributed by atoms with E-state index in [0.717, 1.165) is 18.4 Å². The predicted octanol–water partition coefficient (Wildman–Crippen LogP) is 6.84. The Morgan fingerprint density at radius 1 is 0.824 bits per heavy atom. The van der Waals surface area contributed by atoms with Gasteiger partial charge in [0.15, 0.2) is 18.5 Å². The average molecular weight is 697 g/mol. The van der Waals surface area contributed by atoms with E-state index in [4.69, 9.17) is 4.74 Å². The summed E-state index contributed by atoms with van der Waals surface area (Å²) in [5, 5.41) is 14.2. The Morgan fingerprint density at radius 3 is 2.10 bits per heavy atom. The van der Waals surface area contributed by atoms with Gasteiger partial charge in [0.2, 0.25) is 5.91 Å². The van der Waals surface area contributed by atoms with Gasteiger partial charge in [-0.3, -0.25) is 24.1 Å². The zero-order chi connectivity index (χ0) is 37.5. The number of hydrogen-bond acceptors (Lipinski definition) is 7. The first-order valence-electron chi connectivity index (χ1n) is 17.7. The molecule has 0 aliphatic carbocycles. The second-order valence-electron chi connectivity index (χ2n) is 14.0. The van der Waals surface area contributed by atoms with Crippen LogP contribution in [0.4, 0.5) is 17.1 Å². The number of carbonyl (C=O) groups excluding carboxylic acids is 4. The first-order valence-corrected chi connectivity index (χ1v) is 17.7. The van der Waals surface area contributed by atoms with Crippen molar-refractivity contribution in [2.24, 2.45) is 5.10 Å². The number of anilines is 3. The Hall–Kier alpha value is -5.03. The van der Waals surface area contributed by atoms with E-state index < -0.39 is 11.9 Å². The van der Waals surface area contributed by atoms with Crippen molar-refractivity contribution in [2.45, 2.75) is 92.0 Å². The molecule has 51 heavy (non-hydrogen) atoms. The van der Waals surface area contributed by atoms with Crippen molar-refractivity contribution in [1.82, 2.24) is 10.2 Å². The fraction of sp³-hybridized carbons (Fsp3) is 0.425. The third-order valence-corrected chi connectivity index (χ3v) is 9.79. The first-order chi connectivity index (χ1) is 24.1. The summed E-state index contributed by atoms with van der Waals surface area (Å²) in [5.41, 5.74) is 4.00. The van der Waals surface area contributed by atoms with Gasteiger partial charge in [0.25, 0.3) is 17.7 Å². The maximum atomic E-state index is 13.7. The molecule has 1 aliphatic heterocycles. The van der Waals surface area contributed by atoms with Crippen LogP contribution in [0, 0.1) is 0 Å². The smallest absolute Gasteiger partial charge is 0.272 e. The van der Waals surface area contributed by atoms with E-state index in [-0.39, 0.29) is 41.0 Å². The van der Waals surface area contributed by atoms with Crippen LogP contribution in [-0.4, -0.2) is 60.1 Å². The highest BCUT2D eigenvalue weighted by Gasteiger charge is 2.41. The highest BCUT2D eigenvalue weighted by Crippen LogP contribution is 2.38. The molecule has 4 rings (SSSR count). The molecule has 1 heterocycles. The van der Waals surface area contributed by atoms with E-state index in [9.17, 15) is 19.2 Å². The average Bonchev–Trinajstić information content (AvgIpc) is 3.42. The van der Waals surface area contributed by atoms with Gasteiger partial charge in [-0.1, -0.05) is 73.6 Å². The van der Waals surface area contributed by atoms with Crippen LogP contribution in [0.3, 0.4) is 0 Å². The van der Waals surface area contributed by atoms with Crippen LogP contribution in [0.1, 0.15) is 96.6 Å². The van der Waals surface area contributed by atoms with Gasteiger partial charge in [0.05, 0.1) is 5.69 Å². The third kappa shape index (κ3) is 9.21. The summed E-state index contributed by atoms with van der Waals surface area (Å²) >= 11 is 0. The largest absolute Gasteiger partial charge is 0.483 e. The number of amidine groups is 1. The quantitative estimate of drug-likeness (QED) is 0.169. The van der Waals surface area contributed by atoms with Crippen LogP contribution >= 0.6 is 0 Å². The highest BCUT2D eigenvalue weighted by molar-refractivity contribution is 6.22. The molecule has 11 nitrogen and oxygen atoms in total. The molecule has 4 amide bonds. The molecule has 1 aliphatic rings. The highest BCUT2D eigenvalue weighted by atomic mass is 16.5. The molecule has 0 aromatic heterocycles. The van der Waals surface area contributed by atoms with E-state index in [0.29, 0.717) is 41.5 Å². The van der Waals surface area contributed by atoms with Gasteiger partial charge in [-0.25, -0.2) is 0 Å². The van der Waals surface area contributed by atoms with E-state index in [1.807, 2.05) is 24.8 Å². The summed E-state index contributed by atoms with van der Waals surface area (Å²) in [5.74, 6) is -0.448. The maximum absolute atomic E-state index is 13.7. The van der Waals surface area contributed by atoms with Gasteiger partial charge in [0, 0.05) is 29.4 Å². The van der Waals surface area contributed by atoms with Crippen molar-refractivity contribution in [3.05, 3.63) is 83.4 Å². The maximum Gasteiger partial charge on any atom is 0.272 e. The number of nitrogens with one attached hydrogen (secondary N) is 3. The first kappa shape index (κ1) is 38.8. The Kier molecular flexibility index (Phi) is 12.4. The Bertz CT molecular complexity index is 1780. The molecule has 0 saturated carbocycles. The molecule has 0 spiro atoms. The molecule has 1 unspecified atom stereocenters. The summed E-state index contributed by atoms with van der Waals surface area (Å²) in [6, 6.07) is 18.8. The normalized spacial score (nSPS) is 14.7.